The first-order valence-electron chi connectivity index (χ1n) is 7.27. The molecule has 0 bridgehead atoms. The molecule has 0 atom stereocenters. The Hall–Kier alpha value is -1.93. The maximum Gasteiger partial charge on any atom is 0.226 e. The topological polar surface area (TPSA) is 64.9 Å². The highest BCUT2D eigenvalue weighted by molar-refractivity contribution is 5.92. The van der Waals surface area contributed by atoms with E-state index >= 15 is 0 Å². The summed E-state index contributed by atoms with van der Waals surface area (Å²) in [5.41, 5.74) is 0.353. The predicted molar refractivity (Wildman–Crippen MR) is 79.2 cm³/mol. The predicted octanol–water partition coefficient (Wildman–Crippen LogP) is 2.95. The van der Waals surface area contributed by atoms with E-state index in [4.69, 9.17) is 5.26 Å². The van der Waals surface area contributed by atoms with Gasteiger partial charge in [0.1, 0.15) is 11.9 Å². The quantitative estimate of drug-likeness (QED) is 0.895. The van der Waals surface area contributed by atoms with Crippen molar-refractivity contribution in [3.05, 3.63) is 29.6 Å². The van der Waals surface area contributed by atoms with Crippen LogP contribution in [0.2, 0.25) is 0 Å². The number of halogens is 1. The van der Waals surface area contributed by atoms with Crippen molar-refractivity contribution in [2.45, 2.75) is 44.1 Å². The molecule has 1 saturated carbocycles. The van der Waals surface area contributed by atoms with Crippen LogP contribution in [0.1, 0.15) is 44.1 Å². The van der Waals surface area contributed by atoms with Gasteiger partial charge in [0.25, 0.3) is 0 Å². The lowest BCUT2D eigenvalue weighted by molar-refractivity contribution is -0.117. The number of carbonyl (C=O) groups is 1. The molecule has 4 nitrogen and oxygen atoms in total. The van der Waals surface area contributed by atoms with Crippen LogP contribution in [-0.2, 0) is 4.79 Å². The Morgan fingerprint density at radius 1 is 1.38 bits per heavy atom. The molecule has 2 N–H and O–H groups in total. The van der Waals surface area contributed by atoms with Crippen molar-refractivity contribution in [1.82, 2.24) is 5.32 Å². The second kappa shape index (κ2) is 6.68. The molecule has 1 aliphatic rings. The molecule has 0 unspecified atom stereocenters. The van der Waals surface area contributed by atoms with Crippen LogP contribution >= 0.6 is 0 Å². The number of benzene rings is 1. The summed E-state index contributed by atoms with van der Waals surface area (Å²) < 4.78 is 13.1. The van der Waals surface area contributed by atoms with E-state index in [0.717, 1.165) is 31.7 Å². The van der Waals surface area contributed by atoms with Gasteiger partial charge in [-0.2, -0.15) is 5.26 Å². The molecule has 1 aliphatic carbocycles. The number of nitriles is 1. The van der Waals surface area contributed by atoms with Gasteiger partial charge < -0.3 is 10.6 Å². The first-order chi connectivity index (χ1) is 10.1. The second-order valence-corrected chi connectivity index (χ2v) is 5.62. The minimum absolute atomic E-state index is 0.144. The van der Waals surface area contributed by atoms with Crippen molar-refractivity contribution in [3.8, 4) is 6.07 Å². The van der Waals surface area contributed by atoms with Crippen molar-refractivity contribution in [3.63, 3.8) is 0 Å². The monoisotopic (exact) mass is 289 g/mol. The average Bonchev–Trinajstić information content (AvgIpc) is 2.50. The van der Waals surface area contributed by atoms with Crippen molar-refractivity contribution >= 4 is 11.6 Å². The maximum atomic E-state index is 13.1. The molecule has 112 valence electrons. The van der Waals surface area contributed by atoms with E-state index in [1.54, 1.807) is 0 Å². The van der Waals surface area contributed by atoms with Crippen LogP contribution in [0.25, 0.3) is 0 Å². The fraction of sp³-hybridized carbons (Fsp3) is 0.500. The highest BCUT2D eigenvalue weighted by Crippen LogP contribution is 2.31. The van der Waals surface area contributed by atoms with Crippen LogP contribution in [0.3, 0.4) is 0 Å². The molecule has 0 saturated heterocycles. The van der Waals surface area contributed by atoms with Gasteiger partial charge in [0.05, 0.1) is 11.3 Å². The van der Waals surface area contributed by atoms with Gasteiger partial charge in [-0.25, -0.2) is 4.39 Å². The zero-order valence-electron chi connectivity index (χ0n) is 12.2. The van der Waals surface area contributed by atoms with Gasteiger partial charge in [-0.15, -0.1) is 0 Å². The largest absolute Gasteiger partial charge is 0.325 e. The third-order valence-electron chi connectivity index (χ3n) is 4.22. The molecule has 0 aromatic heterocycles. The molecule has 1 aromatic rings. The summed E-state index contributed by atoms with van der Waals surface area (Å²) in [5, 5.41) is 15.0. The zero-order chi connectivity index (χ0) is 15.3. The number of nitrogens with one attached hydrogen (secondary N) is 2. The summed E-state index contributed by atoms with van der Waals surface area (Å²) in [4.78, 5) is 12.2. The van der Waals surface area contributed by atoms with E-state index in [1.165, 1.54) is 18.6 Å². The molecular weight excluding hydrogens is 269 g/mol. The molecule has 21 heavy (non-hydrogen) atoms. The average molecular weight is 289 g/mol. The van der Waals surface area contributed by atoms with Gasteiger partial charge in [-0.05, 0) is 38.1 Å². The molecule has 5 heteroatoms. The maximum absolute atomic E-state index is 13.1. The number of carbonyl (C=O) groups excluding carboxylic acids is 1. The minimum atomic E-state index is -0.483. The van der Waals surface area contributed by atoms with Gasteiger partial charge in [0.15, 0.2) is 0 Å². The lowest BCUT2D eigenvalue weighted by Gasteiger charge is -2.36. The number of nitrogens with zero attached hydrogens (tertiary/aromatic N) is 1. The Morgan fingerprint density at radius 3 is 2.71 bits per heavy atom. The highest BCUT2D eigenvalue weighted by Gasteiger charge is 2.32. The van der Waals surface area contributed by atoms with Crippen LogP contribution in [0.5, 0.6) is 0 Å². The van der Waals surface area contributed by atoms with E-state index in [-0.39, 0.29) is 17.0 Å². The van der Waals surface area contributed by atoms with Gasteiger partial charge in [0, 0.05) is 12.0 Å². The Bertz CT molecular complexity index is 559. The van der Waals surface area contributed by atoms with E-state index < -0.39 is 5.82 Å². The Balaban J connectivity index is 2.06. The fourth-order valence-electron chi connectivity index (χ4n) is 2.96. The van der Waals surface area contributed by atoms with Gasteiger partial charge >= 0.3 is 0 Å². The number of rotatable bonds is 4. The minimum Gasteiger partial charge on any atom is -0.325 e. The van der Waals surface area contributed by atoms with Crippen LogP contribution in [0, 0.1) is 17.1 Å². The van der Waals surface area contributed by atoms with Crippen molar-refractivity contribution < 1.29 is 9.18 Å². The number of hydrogen-bond donors (Lipinski definition) is 2. The SMILES string of the molecule is CNC1(CC(=O)Nc2ccc(F)cc2C#N)CCCCC1. The second-order valence-electron chi connectivity index (χ2n) is 5.62. The van der Waals surface area contributed by atoms with Gasteiger partial charge in [-0.3, -0.25) is 4.79 Å². The lowest BCUT2D eigenvalue weighted by atomic mass is 9.79. The first kappa shape index (κ1) is 15.5. The van der Waals surface area contributed by atoms with E-state index in [2.05, 4.69) is 10.6 Å². The molecule has 0 spiro atoms. The van der Waals surface area contributed by atoms with Gasteiger partial charge in [0.2, 0.25) is 5.91 Å². The highest BCUT2D eigenvalue weighted by atomic mass is 19.1. The van der Waals surface area contributed by atoms with Crippen molar-refractivity contribution in [2.24, 2.45) is 0 Å². The smallest absolute Gasteiger partial charge is 0.226 e. The molecular formula is C16H20FN3O. The first-order valence-corrected chi connectivity index (χ1v) is 7.27. The zero-order valence-corrected chi connectivity index (χ0v) is 12.2. The summed E-state index contributed by atoms with van der Waals surface area (Å²) in [6.07, 6.45) is 5.77. The normalized spacial score (nSPS) is 17.0. The fourth-order valence-corrected chi connectivity index (χ4v) is 2.96. The third kappa shape index (κ3) is 3.79. The molecule has 0 heterocycles. The number of amides is 1. The standard InChI is InChI=1S/C16H20FN3O/c1-19-16(7-3-2-4-8-16)10-15(21)20-14-6-5-13(17)9-12(14)11-18/h5-6,9,19H,2-4,7-8,10H2,1H3,(H,20,21). The summed E-state index contributed by atoms with van der Waals surface area (Å²) in [5.74, 6) is -0.627. The summed E-state index contributed by atoms with van der Waals surface area (Å²) in [6.45, 7) is 0. The van der Waals surface area contributed by atoms with Crippen LogP contribution < -0.4 is 10.6 Å². The number of hydrogen-bond acceptors (Lipinski definition) is 3. The Morgan fingerprint density at radius 2 is 2.10 bits per heavy atom. The van der Waals surface area contributed by atoms with E-state index in [9.17, 15) is 9.18 Å². The van der Waals surface area contributed by atoms with Crippen LogP contribution in [0.4, 0.5) is 10.1 Å². The van der Waals surface area contributed by atoms with Crippen molar-refractivity contribution in [1.29, 1.82) is 5.26 Å². The Kier molecular flexibility index (Phi) is 4.92. The van der Waals surface area contributed by atoms with E-state index in [1.807, 2.05) is 13.1 Å². The Labute approximate surface area is 124 Å². The summed E-state index contributed by atoms with van der Waals surface area (Å²) in [7, 11) is 1.89. The van der Waals surface area contributed by atoms with Crippen molar-refractivity contribution in [2.75, 3.05) is 12.4 Å². The van der Waals surface area contributed by atoms with Crippen LogP contribution in [0.15, 0.2) is 18.2 Å². The van der Waals surface area contributed by atoms with Crippen LogP contribution in [-0.4, -0.2) is 18.5 Å². The number of anilines is 1. The summed E-state index contributed by atoms with van der Waals surface area (Å²) in [6, 6.07) is 5.70. The molecule has 1 aromatic carbocycles. The lowest BCUT2D eigenvalue weighted by Crippen LogP contribution is -2.47. The summed E-state index contributed by atoms with van der Waals surface area (Å²) >= 11 is 0. The van der Waals surface area contributed by atoms with E-state index in [0.29, 0.717) is 12.1 Å². The molecule has 2 rings (SSSR count). The molecule has 1 amide bonds. The molecule has 0 radical (unpaired) electrons. The van der Waals surface area contributed by atoms with Gasteiger partial charge in [-0.1, -0.05) is 19.3 Å². The third-order valence-corrected chi connectivity index (χ3v) is 4.22. The molecule has 1 fully saturated rings. The molecule has 0 aliphatic heterocycles.